The van der Waals surface area contributed by atoms with Crippen molar-refractivity contribution in [1.29, 1.82) is 0 Å². The molecular weight excluding hydrogens is 526 g/mol. The number of hydrogen-bond donors (Lipinski definition) is 1. The van der Waals surface area contributed by atoms with Gasteiger partial charge in [-0.1, -0.05) is 30.3 Å². The van der Waals surface area contributed by atoms with E-state index in [-0.39, 0.29) is 11.3 Å². The van der Waals surface area contributed by atoms with Crippen LogP contribution in [0.2, 0.25) is 0 Å². The Kier molecular flexibility index (Phi) is 8.55. The number of nitrogens with zero attached hydrogens (tertiary/aromatic N) is 3. The van der Waals surface area contributed by atoms with E-state index in [1.165, 1.54) is 35.2 Å². The van der Waals surface area contributed by atoms with Gasteiger partial charge in [0.2, 0.25) is 5.91 Å². The van der Waals surface area contributed by atoms with Crippen LogP contribution in [0.15, 0.2) is 42.5 Å². The van der Waals surface area contributed by atoms with Crippen LogP contribution in [-0.4, -0.2) is 67.1 Å². The van der Waals surface area contributed by atoms with Crippen molar-refractivity contribution in [2.75, 3.05) is 38.1 Å². The lowest BCUT2D eigenvalue weighted by Crippen LogP contribution is -2.53. The van der Waals surface area contributed by atoms with E-state index >= 15 is 0 Å². The van der Waals surface area contributed by atoms with Gasteiger partial charge in [0.25, 0.3) is 0 Å². The molecular formula is C27H30F6N4O2. The normalized spacial score (nSPS) is 18.4. The summed E-state index contributed by atoms with van der Waals surface area (Å²) in [7, 11) is 1.81. The Morgan fingerprint density at radius 2 is 1.79 bits per heavy atom. The summed E-state index contributed by atoms with van der Waals surface area (Å²) in [4.78, 5) is 29.9. The highest BCUT2D eigenvalue weighted by atomic mass is 19.4. The predicted molar refractivity (Wildman–Crippen MR) is 133 cm³/mol. The molecule has 0 aliphatic carbocycles. The summed E-state index contributed by atoms with van der Waals surface area (Å²) < 4.78 is 82.5. The molecule has 1 fully saturated rings. The van der Waals surface area contributed by atoms with Gasteiger partial charge in [0.1, 0.15) is 6.54 Å². The van der Waals surface area contributed by atoms with Crippen molar-refractivity contribution >= 4 is 17.5 Å². The van der Waals surface area contributed by atoms with Gasteiger partial charge in [-0.05, 0) is 68.2 Å². The molecule has 2 amide bonds. The van der Waals surface area contributed by atoms with E-state index in [4.69, 9.17) is 0 Å². The molecule has 2 aliphatic rings. The number of carbonyl (C=O) groups is 2. The number of alkyl halides is 6. The minimum Gasteiger partial charge on any atom is -0.333 e. The second-order valence-electron chi connectivity index (χ2n) is 9.97. The zero-order valence-corrected chi connectivity index (χ0v) is 21.4. The van der Waals surface area contributed by atoms with Crippen molar-refractivity contribution in [1.82, 2.24) is 15.1 Å². The van der Waals surface area contributed by atoms with Crippen molar-refractivity contribution in [2.45, 2.75) is 50.7 Å². The molecule has 1 atom stereocenters. The first-order chi connectivity index (χ1) is 18.4. The minimum absolute atomic E-state index is 0.0129. The molecule has 1 N–H and O–H groups in total. The first-order valence-corrected chi connectivity index (χ1v) is 12.7. The van der Waals surface area contributed by atoms with Crippen LogP contribution < -0.4 is 10.2 Å². The zero-order valence-electron chi connectivity index (χ0n) is 21.4. The maximum Gasteiger partial charge on any atom is 0.471 e. The molecule has 1 saturated heterocycles. The third kappa shape index (κ3) is 6.73. The highest BCUT2D eigenvalue weighted by molar-refractivity contribution is 6.02. The number of benzene rings is 2. The lowest BCUT2D eigenvalue weighted by Gasteiger charge is -2.39. The van der Waals surface area contributed by atoms with Gasteiger partial charge in [-0.25, -0.2) is 0 Å². The standard InChI is InChI=1S/C27H30F6N4O2/c1-35-13-5-8-20(16-35)36(15-19-6-2-3-9-22(19)26(28,29)30)24(38)17-37(25(39)27(31,32)33)23-10-4-7-18-14-34-12-11-21(18)23/h2-4,6-7,9-10,20,34H,5,8,11-17H2,1H3. The van der Waals surface area contributed by atoms with Crippen LogP contribution in [0.5, 0.6) is 0 Å². The third-order valence-electron chi connectivity index (χ3n) is 7.21. The maximum atomic E-state index is 13.8. The summed E-state index contributed by atoms with van der Waals surface area (Å²) in [6.45, 7) is 0.565. The smallest absolute Gasteiger partial charge is 0.333 e. The van der Waals surface area contributed by atoms with Crippen LogP contribution in [0, 0.1) is 0 Å². The molecule has 0 saturated carbocycles. The summed E-state index contributed by atoms with van der Waals surface area (Å²) in [5, 5.41) is 3.12. The van der Waals surface area contributed by atoms with Crippen molar-refractivity contribution in [2.24, 2.45) is 0 Å². The Balaban J connectivity index is 1.72. The van der Waals surface area contributed by atoms with Gasteiger partial charge in [0, 0.05) is 31.4 Å². The van der Waals surface area contributed by atoms with Gasteiger partial charge >= 0.3 is 18.3 Å². The average Bonchev–Trinajstić information content (AvgIpc) is 2.88. The number of piperidine rings is 1. The molecule has 2 heterocycles. The zero-order chi connectivity index (χ0) is 28.4. The third-order valence-corrected chi connectivity index (χ3v) is 7.21. The van der Waals surface area contributed by atoms with Gasteiger partial charge in [-0.3, -0.25) is 14.5 Å². The molecule has 0 aromatic heterocycles. The molecule has 2 aromatic rings. The van der Waals surface area contributed by atoms with Gasteiger partial charge in [0.05, 0.1) is 5.56 Å². The van der Waals surface area contributed by atoms with Gasteiger partial charge in [-0.2, -0.15) is 26.3 Å². The van der Waals surface area contributed by atoms with Crippen molar-refractivity contribution in [3.8, 4) is 0 Å². The van der Waals surface area contributed by atoms with E-state index in [0.29, 0.717) is 49.4 Å². The largest absolute Gasteiger partial charge is 0.471 e. The fourth-order valence-corrected chi connectivity index (χ4v) is 5.34. The van der Waals surface area contributed by atoms with Gasteiger partial charge in [-0.15, -0.1) is 0 Å². The Morgan fingerprint density at radius 1 is 1.05 bits per heavy atom. The van der Waals surface area contributed by atoms with Crippen molar-refractivity contribution < 1.29 is 35.9 Å². The van der Waals surface area contributed by atoms with Crippen molar-refractivity contribution in [3.05, 3.63) is 64.7 Å². The predicted octanol–water partition coefficient (Wildman–Crippen LogP) is 4.37. The molecule has 6 nitrogen and oxygen atoms in total. The first kappa shape index (κ1) is 28.9. The molecule has 2 aromatic carbocycles. The van der Waals surface area contributed by atoms with Crippen LogP contribution in [-0.2, 0) is 35.3 Å². The highest BCUT2D eigenvalue weighted by Gasteiger charge is 2.45. The van der Waals surface area contributed by atoms with Crippen LogP contribution >= 0.6 is 0 Å². The fraction of sp³-hybridized carbons (Fsp3) is 0.481. The van der Waals surface area contributed by atoms with E-state index in [2.05, 4.69) is 5.32 Å². The van der Waals surface area contributed by atoms with E-state index in [9.17, 15) is 35.9 Å². The Morgan fingerprint density at radius 3 is 2.49 bits per heavy atom. The van der Waals surface area contributed by atoms with Gasteiger partial charge in [0.15, 0.2) is 0 Å². The highest BCUT2D eigenvalue weighted by Crippen LogP contribution is 2.34. The lowest BCUT2D eigenvalue weighted by atomic mass is 9.98. The summed E-state index contributed by atoms with van der Waals surface area (Å²) in [5.74, 6) is -3.05. The lowest BCUT2D eigenvalue weighted by molar-refractivity contribution is -0.170. The number of hydrogen-bond acceptors (Lipinski definition) is 4. The van der Waals surface area contributed by atoms with Crippen LogP contribution in [0.4, 0.5) is 32.0 Å². The minimum atomic E-state index is -5.26. The van der Waals surface area contributed by atoms with E-state index in [1.54, 1.807) is 6.07 Å². The van der Waals surface area contributed by atoms with Crippen LogP contribution in [0.3, 0.4) is 0 Å². The summed E-state index contributed by atoms with van der Waals surface area (Å²) >= 11 is 0. The summed E-state index contributed by atoms with van der Waals surface area (Å²) in [6.07, 6.45) is -8.43. The number of amides is 2. The number of anilines is 1. The van der Waals surface area contributed by atoms with Gasteiger partial charge < -0.3 is 15.1 Å². The number of fused-ring (bicyclic) bond motifs is 1. The quantitative estimate of drug-likeness (QED) is 0.538. The molecule has 0 radical (unpaired) electrons. The number of halogens is 6. The Bertz CT molecular complexity index is 1200. The summed E-state index contributed by atoms with van der Waals surface area (Å²) in [5.41, 5.74) is 0.161. The molecule has 0 spiro atoms. The molecule has 0 bridgehead atoms. The van der Waals surface area contributed by atoms with Crippen molar-refractivity contribution in [3.63, 3.8) is 0 Å². The van der Waals surface area contributed by atoms with E-state index < -0.39 is 48.9 Å². The van der Waals surface area contributed by atoms with E-state index in [1.807, 2.05) is 11.9 Å². The number of likely N-dealkylation sites (tertiary alicyclic amines) is 1. The monoisotopic (exact) mass is 556 g/mol. The molecule has 2 aliphatic heterocycles. The Labute approximate surface area is 222 Å². The molecule has 39 heavy (non-hydrogen) atoms. The van der Waals surface area contributed by atoms with Crippen LogP contribution in [0.25, 0.3) is 0 Å². The number of carbonyl (C=O) groups excluding carboxylic acids is 2. The van der Waals surface area contributed by atoms with Crippen LogP contribution in [0.1, 0.15) is 35.1 Å². The molecule has 1 unspecified atom stereocenters. The maximum absolute atomic E-state index is 13.8. The average molecular weight is 557 g/mol. The second kappa shape index (κ2) is 11.5. The summed E-state index contributed by atoms with van der Waals surface area (Å²) in [6, 6.07) is 8.93. The topological polar surface area (TPSA) is 55.9 Å². The fourth-order valence-electron chi connectivity index (χ4n) is 5.34. The number of likely N-dealkylation sites (N-methyl/N-ethyl adjacent to an activating group) is 1. The Hall–Kier alpha value is -3.12. The second-order valence-corrected chi connectivity index (χ2v) is 9.97. The number of nitrogens with one attached hydrogen (secondary N) is 1. The van der Waals surface area contributed by atoms with E-state index in [0.717, 1.165) is 18.2 Å². The first-order valence-electron chi connectivity index (χ1n) is 12.7. The molecule has 212 valence electrons. The molecule has 12 heteroatoms. The SMILES string of the molecule is CN1CCCC(N(Cc2ccccc2C(F)(F)F)C(=O)CN(C(=O)C(F)(F)F)c2cccc3c2CCNC3)C1. The number of rotatable bonds is 6. The molecule has 4 rings (SSSR count).